The third-order valence-electron chi connectivity index (χ3n) is 6.16. The van der Waals surface area contributed by atoms with Crippen LogP contribution in [0.25, 0.3) is 0 Å². The monoisotopic (exact) mass is 446 g/mol. The molecule has 1 unspecified atom stereocenters. The molecule has 5 nitrogen and oxygen atoms in total. The van der Waals surface area contributed by atoms with Gasteiger partial charge in [-0.3, -0.25) is 0 Å². The van der Waals surface area contributed by atoms with E-state index in [2.05, 4.69) is 36.7 Å². The smallest absolute Gasteiger partial charge is 0.144 e. The molecule has 1 fully saturated rings. The van der Waals surface area contributed by atoms with Crippen LogP contribution in [-0.2, 0) is 11.2 Å². The standard InChI is InChI=1S/C19H31BrO5Si/c1-18(2,3)26(4,5)16(23)14-13(21)15(22)19(24,17(20)25-14)11-12-9-7-6-8-10-12/h6-10,13-17,21-24H,11H2,1-5H3/t13-,14+,15+,16?,17+,19-/m1/s1. The van der Waals surface area contributed by atoms with Gasteiger partial charge in [-0.1, -0.05) is 80.1 Å². The van der Waals surface area contributed by atoms with Crippen LogP contribution in [0.4, 0.5) is 0 Å². The maximum atomic E-state index is 11.0. The third-order valence-corrected chi connectivity index (χ3v) is 12.8. The molecule has 148 valence electrons. The highest BCUT2D eigenvalue weighted by Crippen LogP contribution is 2.43. The van der Waals surface area contributed by atoms with Crippen molar-refractivity contribution < 1.29 is 25.2 Å². The first-order valence-corrected chi connectivity index (χ1v) is 12.9. The minimum absolute atomic E-state index is 0.116. The molecular weight excluding hydrogens is 416 g/mol. The lowest BCUT2D eigenvalue weighted by Gasteiger charge is -2.51. The topological polar surface area (TPSA) is 90.2 Å². The molecule has 2 rings (SSSR count). The third kappa shape index (κ3) is 3.94. The highest BCUT2D eigenvalue weighted by atomic mass is 79.9. The first-order chi connectivity index (χ1) is 11.8. The van der Waals surface area contributed by atoms with Gasteiger partial charge in [0.2, 0.25) is 0 Å². The molecule has 0 spiro atoms. The van der Waals surface area contributed by atoms with Crippen LogP contribution in [0.1, 0.15) is 26.3 Å². The lowest BCUT2D eigenvalue weighted by Crippen LogP contribution is -2.70. The van der Waals surface area contributed by atoms with Crippen molar-refractivity contribution in [2.75, 3.05) is 0 Å². The number of halogens is 1. The zero-order valence-electron chi connectivity index (χ0n) is 16.1. The number of rotatable bonds is 4. The van der Waals surface area contributed by atoms with Crippen LogP contribution in [0.3, 0.4) is 0 Å². The quantitative estimate of drug-likeness (QED) is 0.420. The summed E-state index contributed by atoms with van der Waals surface area (Å²) in [5.74, 6) is 0. The molecule has 0 aromatic heterocycles. The van der Waals surface area contributed by atoms with Gasteiger partial charge in [0.05, 0.1) is 13.8 Å². The van der Waals surface area contributed by atoms with Crippen LogP contribution in [-0.4, -0.2) is 63.2 Å². The van der Waals surface area contributed by atoms with Gasteiger partial charge in [-0.15, -0.1) is 0 Å². The molecule has 26 heavy (non-hydrogen) atoms. The molecule has 1 aromatic rings. The lowest BCUT2D eigenvalue weighted by molar-refractivity contribution is -0.253. The Bertz CT molecular complexity index is 606. The first-order valence-electron chi connectivity index (χ1n) is 8.92. The van der Waals surface area contributed by atoms with Crippen molar-refractivity contribution >= 4 is 24.0 Å². The van der Waals surface area contributed by atoms with Gasteiger partial charge in [0.1, 0.15) is 28.9 Å². The fourth-order valence-corrected chi connectivity index (χ4v) is 5.84. The predicted molar refractivity (Wildman–Crippen MR) is 108 cm³/mol. The Kier molecular flexibility index (Phi) is 6.45. The normalized spacial score (nSPS) is 34.5. The van der Waals surface area contributed by atoms with Crippen LogP contribution in [0.5, 0.6) is 0 Å². The minimum Gasteiger partial charge on any atom is -0.394 e. The Morgan fingerprint density at radius 1 is 1.19 bits per heavy atom. The van der Waals surface area contributed by atoms with Gasteiger partial charge >= 0.3 is 0 Å². The molecule has 4 N–H and O–H groups in total. The van der Waals surface area contributed by atoms with E-state index in [-0.39, 0.29) is 11.5 Å². The van der Waals surface area contributed by atoms with Crippen molar-refractivity contribution in [3.8, 4) is 0 Å². The maximum Gasteiger partial charge on any atom is 0.144 e. The number of aliphatic hydroxyl groups is 4. The summed E-state index contributed by atoms with van der Waals surface area (Å²) in [7, 11) is -2.26. The number of aliphatic hydroxyl groups excluding tert-OH is 3. The van der Waals surface area contributed by atoms with Gasteiger partial charge < -0.3 is 25.2 Å². The maximum absolute atomic E-state index is 11.0. The van der Waals surface area contributed by atoms with Crippen LogP contribution in [0, 0.1) is 0 Å². The molecule has 0 amide bonds. The van der Waals surface area contributed by atoms with E-state index in [4.69, 9.17) is 4.74 Å². The molecule has 0 aliphatic carbocycles. The summed E-state index contributed by atoms with van der Waals surface area (Å²) >= 11 is 3.32. The Morgan fingerprint density at radius 3 is 2.23 bits per heavy atom. The van der Waals surface area contributed by atoms with Gasteiger partial charge in [-0.05, 0) is 10.6 Å². The summed E-state index contributed by atoms with van der Waals surface area (Å²) < 4.78 is 5.84. The summed E-state index contributed by atoms with van der Waals surface area (Å²) in [5, 5.41) is 42.4. The summed E-state index contributed by atoms with van der Waals surface area (Å²) in [6.07, 6.45) is -3.69. The molecule has 1 aliphatic heterocycles. The summed E-state index contributed by atoms with van der Waals surface area (Å²) in [5.41, 5.74) is -1.78. The van der Waals surface area contributed by atoms with Crippen molar-refractivity contribution in [2.45, 2.75) is 80.0 Å². The lowest BCUT2D eigenvalue weighted by atomic mass is 9.83. The van der Waals surface area contributed by atoms with E-state index in [1.54, 1.807) is 0 Å². The Morgan fingerprint density at radius 2 is 1.73 bits per heavy atom. The SMILES string of the molecule is CC(C)(C)[Si](C)(C)C(O)[C@H]1O[C@H](Br)[C@@](O)(Cc2ccccc2)[C@@H](O)[C@@H]1O. The number of alkyl halides is 1. The van der Waals surface area contributed by atoms with E-state index >= 15 is 0 Å². The average molecular weight is 447 g/mol. The van der Waals surface area contributed by atoms with E-state index < -0.39 is 42.7 Å². The predicted octanol–water partition coefficient (Wildman–Crippen LogP) is 2.21. The number of benzene rings is 1. The van der Waals surface area contributed by atoms with E-state index in [1.807, 2.05) is 43.4 Å². The van der Waals surface area contributed by atoms with Gasteiger partial charge in [0.15, 0.2) is 0 Å². The fraction of sp³-hybridized carbons (Fsp3) is 0.684. The molecule has 1 aromatic carbocycles. The number of hydrogen-bond acceptors (Lipinski definition) is 5. The van der Waals surface area contributed by atoms with Gasteiger partial charge in [-0.2, -0.15) is 0 Å². The molecule has 0 bridgehead atoms. The highest BCUT2D eigenvalue weighted by molar-refractivity contribution is 9.09. The molecule has 1 saturated heterocycles. The second-order valence-electron chi connectivity index (χ2n) is 8.92. The second-order valence-corrected chi connectivity index (χ2v) is 15.3. The zero-order valence-corrected chi connectivity index (χ0v) is 18.6. The van der Waals surface area contributed by atoms with Crippen LogP contribution >= 0.6 is 15.9 Å². The number of hydrogen-bond donors (Lipinski definition) is 4. The average Bonchev–Trinajstić information content (AvgIpc) is 2.56. The molecule has 0 radical (unpaired) electrons. The minimum atomic E-state index is -2.26. The van der Waals surface area contributed by atoms with Crippen molar-refractivity contribution in [3.63, 3.8) is 0 Å². The molecular formula is C19H31BrO5Si. The Balaban J connectivity index is 2.26. The van der Waals surface area contributed by atoms with Crippen molar-refractivity contribution in [1.82, 2.24) is 0 Å². The van der Waals surface area contributed by atoms with Crippen LogP contribution in [0.15, 0.2) is 30.3 Å². The zero-order chi connectivity index (χ0) is 19.9. The summed E-state index contributed by atoms with van der Waals surface area (Å²) in [6, 6.07) is 9.24. The Hall–Kier alpha value is -0.283. The van der Waals surface area contributed by atoms with E-state index in [0.29, 0.717) is 0 Å². The first kappa shape index (κ1) is 22.0. The second kappa shape index (κ2) is 7.62. The van der Waals surface area contributed by atoms with E-state index in [9.17, 15) is 20.4 Å². The van der Waals surface area contributed by atoms with Crippen LogP contribution in [0.2, 0.25) is 18.1 Å². The molecule has 1 aliphatic rings. The van der Waals surface area contributed by atoms with Gasteiger partial charge in [0, 0.05) is 6.42 Å². The Labute approximate surface area is 165 Å². The summed E-state index contributed by atoms with van der Waals surface area (Å²) in [4.78, 5) is 0. The number of ether oxygens (including phenoxy) is 1. The highest BCUT2D eigenvalue weighted by Gasteiger charge is 2.58. The fourth-order valence-electron chi connectivity index (χ4n) is 3.17. The van der Waals surface area contributed by atoms with Gasteiger partial charge in [-0.25, -0.2) is 0 Å². The van der Waals surface area contributed by atoms with E-state index in [0.717, 1.165) is 5.56 Å². The molecule has 7 heteroatoms. The largest absolute Gasteiger partial charge is 0.394 e. The van der Waals surface area contributed by atoms with Crippen molar-refractivity contribution in [3.05, 3.63) is 35.9 Å². The van der Waals surface area contributed by atoms with E-state index in [1.165, 1.54) is 0 Å². The molecule has 1 heterocycles. The summed E-state index contributed by atoms with van der Waals surface area (Å²) in [6.45, 7) is 10.3. The molecule has 0 saturated carbocycles. The molecule has 6 atom stereocenters. The van der Waals surface area contributed by atoms with Gasteiger partial charge in [0.25, 0.3) is 0 Å². The van der Waals surface area contributed by atoms with Crippen LogP contribution < -0.4 is 0 Å². The van der Waals surface area contributed by atoms with Crippen molar-refractivity contribution in [1.29, 1.82) is 0 Å². The van der Waals surface area contributed by atoms with Crippen molar-refractivity contribution in [2.24, 2.45) is 0 Å².